The van der Waals surface area contributed by atoms with E-state index in [1.807, 2.05) is 51.1 Å². The van der Waals surface area contributed by atoms with Crippen LogP contribution in [0.1, 0.15) is 63.7 Å². The number of likely N-dealkylation sites (tertiary alicyclic amines) is 1. The number of nitrogens with zero attached hydrogens (tertiary/aromatic N) is 2. The molecule has 2 N–H and O–H groups in total. The number of aliphatic hydroxyl groups is 1. The summed E-state index contributed by atoms with van der Waals surface area (Å²) in [7, 11) is 0. The van der Waals surface area contributed by atoms with Crippen molar-refractivity contribution in [1.29, 1.82) is 0 Å². The second-order valence-corrected chi connectivity index (χ2v) is 11.0. The Morgan fingerprint density at radius 2 is 1.81 bits per heavy atom. The predicted octanol–water partition coefficient (Wildman–Crippen LogP) is 4.90. The van der Waals surface area contributed by atoms with Crippen molar-refractivity contribution < 1.29 is 24.6 Å². The molecule has 8 heteroatoms. The second kappa shape index (κ2) is 11.9. The number of rotatable bonds is 8. The topological polar surface area (TPSA) is 98.2 Å². The number of carbonyl (C=O) groups excluding carboxylic acids is 2. The number of carboxylic acids is 1. The van der Waals surface area contributed by atoms with E-state index < -0.39 is 18.0 Å². The summed E-state index contributed by atoms with van der Waals surface area (Å²) in [5.74, 6) is -1.92. The van der Waals surface area contributed by atoms with Crippen LogP contribution in [0.5, 0.6) is 0 Å². The van der Waals surface area contributed by atoms with E-state index >= 15 is 0 Å². The first kappa shape index (κ1) is 27.7. The highest BCUT2D eigenvalue weighted by Gasteiger charge is 2.30. The van der Waals surface area contributed by atoms with Gasteiger partial charge in [0.25, 0.3) is 0 Å². The van der Waals surface area contributed by atoms with E-state index in [1.54, 1.807) is 28.0 Å². The molecule has 0 aliphatic carbocycles. The van der Waals surface area contributed by atoms with Crippen molar-refractivity contribution in [3.63, 3.8) is 0 Å². The van der Waals surface area contributed by atoms with Gasteiger partial charge >= 0.3 is 5.97 Å². The van der Waals surface area contributed by atoms with Gasteiger partial charge in [0.1, 0.15) is 6.10 Å². The van der Waals surface area contributed by atoms with Gasteiger partial charge in [0.05, 0.1) is 5.92 Å². The first-order valence-electron chi connectivity index (χ1n) is 12.3. The zero-order valence-corrected chi connectivity index (χ0v) is 21.9. The lowest BCUT2D eigenvalue weighted by molar-refractivity contribution is -0.146. The molecule has 2 aromatic rings. The number of piperidine rings is 1. The Hall–Kier alpha value is -2.90. The van der Waals surface area contributed by atoms with E-state index in [-0.39, 0.29) is 36.6 Å². The van der Waals surface area contributed by atoms with E-state index in [9.17, 15) is 24.6 Å². The molecule has 1 aliphatic rings. The smallest absolute Gasteiger partial charge is 0.308 e. The van der Waals surface area contributed by atoms with Gasteiger partial charge in [0.15, 0.2) is 0 Å². The third kappa shape index (κ3) is 7.31. The van der Waals surface area contributed by atoms with Crippen molar-refractivity contribution in [3.8, 4) is 0 Å². The minimum atomic E-state index is -0.988. The SMILES string of the molecule is CC(C)(C)CN(C(=O)CCC(=O)N1CCCC(C(=O)O)C1)c1ccc(Cl)cc1C(O)c1ccccc1. The average Bonchev–Trinajstić information content (AvgIpc) is 2.85. The molecular weight excluding hydrogens is 480 g/mol. The second-order valence-electron chi connectivity index (χ2n) is 10.6. The highest BCUT2D eigenvalue weighted by Crippen LogP contribution is 2.35. The lowest BCUT2D eigenvalue weighted by Gasteiger charge is -2.33. The van der Waals surface area contributed by atoms with Crippen LogP contribution in [-0.2, 0) is 14.4 Å². The summed E-state index contributed by atoms with van der Waals surface area (Å²) in [4.78, 5) is 40.9. The van der Waals surface area contributed by atoms with E-state index in [0.29, 0.717) is 47.8 Å². The maximum Gasteiger partial charge on any atom is 0.308 e. The molecule has 194 valence electrons. The maximum atomic E-state index is 13.5. The summed E-state index contributed by atoms with van der Waals surface area (Å²) in [5, 5.41) is 20.9. The molecule has 2 atom stereocenters. The van der Waals surface area contributed by atoms with Crippen LogP contribution in [0, 0.1) is 11.3 Å². The number of benzene rings is 2. The highest BCUT2D eigenvalue weighted by molar-refractivity contribution is 6.30. The molecule has 0 saturated carbocycles. The zero-order chi connectivity index (χ0) is 26.5. The fraction of sp³-hybridized carbons (Fsp3) is 0.464. The Morgan fingerprint density at radius 1 is 1.11 bits per heavy atom. The monoisotopic (exact) mass is 514 g/mol. The molecule has 1 fully saturated rings. The van der Waals surface area contributed by atoms with Crippen molar-refractivity contribution >= 4 is 35.1 Å². The predicted molar refractivity (Wildman–Crippen MR) is 140 cm³/mol. The van der Waals surface area contributed by atoms with E-state index in [0.717, 1.165) is 0 Å². The van der Waals surface area contributed by atoms with Crippen LogP contribution >= 0.6 is 11.6 Å². The van der Waals surface area contributed by atoms with Gasteiger partial charge in [-0.1, -0.05) is 62.7 Å². The number of anilines is 1. The molecule has 1 aliphatic heterocycles. The molecule has 0 aromatic heterocycles. The number of halogens is 1. The number of hydrogen-bond donors (Lipinski definition) is 2. The molecular formula is C28H35ClN2O5. The van der Waals surface area contributed by atoms with Crippen LogP contribution in [-0.4, -0.2) is 52.5 Å². The quantitative estimate of drug-likeness (QED) is 0.522. The van der Waals surface area contributed by atoms with Crippen molar-refractivity contribution in [2.24, 2.45) is 11.3 Å². The van der Waals surface area contributed by atoms with Crippen LogP contribution < -0.4 is 4.90 Å². The molecule has 0 spiro atoms. The number of aliphatic carboxylic acids is 1. The normalized spacial score (nSPS) is 16.9. The van der Waals surface area contributed by atoms with Gasteiger partial charge in [-0.15, -0.1) is 0 Å². The van der Waals surface area contributed by atoms with E-state index in [2.05, 4.69) is 0 Å². The summed E-state index contributed by atoms with van der Waals surface area (Å²) >= 11 is 6.28. The largest absolute Gasteiger partial charge is 0.481 e. The summed E-state index contributed by atoms with van der Waals surface area (Å²) in [5.41, 5.74) is 1.48. The zero-order valence-electron chi connectivity index (χ0n) is 21.1. The van der Waals surface area contributed by atoms with Crippen molar-refractivity contribution in [2.45, 2.75) is 52.6 Å². The number of amides is 2. The Balaban J connectivity index is 1.83. The van der Waals surface area contributed by atoms with Gasteiger partial charge in [-0.2, -0.15) is 0 Å². The average molecular weight is 515 g/mol. The van der Waals surface area contributed by atoms with Crippen molar-refractivity contribution in [1.82, 2.24) is 4.90 Å². The minimum Gasteiger partial charge on any atom is -0.481 e. The highest BCUT2D eigenvalue weighted by atomic mass is 35.5. The van der Waals surface area contributed by atoms with E-state index in [1.165, 1.54) is 0 Å². The molecule has 2 aromatic carbocycles. The maximum absolute atomic E-state index is 13.5. The fourth-order valence-electron chi connectivity index (χ4n) is 4.50. The first-order chi connectivity index (χ1) is 17.0. The molecule has 0 bridgehead atoms. The molecule has 7 nitrogen and oxygen atoms in total. The molecule has 0 radical (unpaired) electrons. The van der Waals surface area contributed by atoms with Gasteiger partial charge < -0.3 is 20.0 Å². The Morgan fingerprint density at radius 3 is 2.44 bits per heavy atom. The fourth-order valence-corrected chi connectivity index (χ4v) is 4.68. The number of aliphatic hydroxyl groups excluding tert-OH is 1. The summed E-state index contributed by atoms with van der Waals surface area (Å²) in [6, 6.07) is 14.2. The lowest BCUT2D eigenvalue weighted by atomic mass is 9.93. The molecule has 3 rings (SSSR count). The van der Waals surface area contributed by atoms with Crippen LogP contribution in [0.15, 0.2) is 48.5 Å². The standard InChI is InChI=1S/C28H35ClN2O5/c1-28(2,3)18-31(25(33)14-13-24(32)30-15-7-10-20(17-30)27(35)36)23-12-11-21(29)16-22(23)26(34)19-8-5-4-6-9-19/h4-6,8-9,11-12,16,20,26,34H,7,10,13-15,17-18H2,1-3H3,(H,35,36). The molecule has 1 saturated heterocycles. The van der Waals surface area contributed by atoms with Gasteiger partial charge in [-0.25, -0.2) is 0 Å². The number of carboxylic acid groups (broad SMARTS) is 1. The van der Waals surface area contributed by atoms with Gasteiger partial charge in [0, 0.05) is 48.7 Å². The van der Waals surface area contributed by atoms with Gasteiger partial charge in [-0.3, -0.25) is 14.4 Å². The summed E-state index contributed by atoms with van der Waals surface area (Å²) < 4.78 is 0. The molecule has 1 heterocycles. The summed E-state index contributed by atoms with van der Waals surface area (Å²) in [6.45, 7) is 7.11. The van der Waals surface area contributed by atoms with Crippen LogP contribution in [0.25, 0.3) is 0 Å². The number of hydrogen-bond acceptors (Lipinski definition) is 4. The van der Waals surface area contributed by atoms with Crippen LogP contribution in [0.2, 0.25) is 5.02 Å². The van der Waals surface area contributed by atoms with Gasteiger partial charge in [-0.05, 0) is 42.0 Å². The third-order valence-electron chi connectivity index (χ3n) is 6.30. The van der Waals surface area contributed by atoms with Crippen molar-refractivity contribution in [3.05, 3.63) is 64.7 Å². The van der Waals surface area contributed by atoms with E-state index in [4.69, 9.17) is 11.6 Å². The van der Waals surface area contributed by atoms with Crippen molar-refractivity contribution in [2.75, 3.05) is 24.5 Å². The van der Waals surface area contributed by atoms with Gasteiger partial charge in [0.2, 0.25) is 11.8 Å². The Bertz CT molecular complexity index is 1080. The molecule has 36 heavy (non-hydrogen) atoms. The molecule has 2 unspecified atom stereocenters. The lowest BCUT2D eigenvalue weighted by Crippen LogP contribution is -2.43. The van der Waals surface area contributed by atoms with Crippen LogP contribution in [0.4, 0.5) is 5.69 Å². The van der Waals surface area contributed by atoms with Crippen LogP contribution in [0.3, 0.4) is 0 Å². The number of carbonyl (C=O) groups is 3. The third-order valence-corrected chi connectivity index (χ3v) is 6.53. The first-order valence-corrected chi connectivity index (χ1v) is 12.7. The molecule has 2 amide bonds. The Kier molecular flexibility index (Phi) is 9.14. The summed E-state index contributed by atoms with van der Waals surface area (Å²) in [6.07, 6.45) is 0.180. The minimum absolute atomic E-state index is 0.00399. The Labute approximate surface area is 217 Å².